The zero-order valence-corrected chi connectivity index (χ0v) is 11.4. The molecule has 0 aromatic heterocycles. The molecule has 2 nitrogen and oxygen atoms in total. The van der Waals surface area contributed by atoms with Gasteiger partial charge in [0.2, 0.25) is 0 Å². The van der Waals surface area contributed by atoms with Gasteiger partial charge in [-0.15, -0.1) is 0 Å². The summed E-state index contributed by atoms with van der Waals surface area (Å²) in [6.45, 7) is 3.19. The fourth-order valence-corrected chi connectivity index (χ4v) is 2.39. The van der Waals surface area contributed by atoms with Gasteiger partial charge in [-0.1, -0.05) is 15.9 Å². The predicted molar refractivity (Wildman–Crippen MR) is 69.8 cm³/mol. The lowest BCUT2D eigenvalue weighted by molar-refractivity contribution is 0.206. The minimum atomic E-state index is 0.350. The van der Waals surface area contributed by atoms with E-state index in [1.165, 1.54) is 24.8 Å². The second-order valence-corrected chi connectivity index (χ2v) is 5.58. The molecule has 1 aliphatic rings. The van der Waals surface area contributed by atoms with Gasteiger partial charge >= 0.3 is 0 Å². The molecule has 0 radical (unpaired) electrons. The lowest BCUT2D eigenvalue weighted by Gasteiger charge is -2.39. The van der Waals surface area contributed by atoms with Crippen LogP contribution in [0.1, 0.15) is 31.7 Å². The maximum absolute atomic E-state index is 5.23. The Kier molecular flexibility index (Phi) is 3.55. The second kappa shape index (κ2) is 4.76. The maximum atomic E-state index is 5.23. The highest BCUT2D eigenvalue weighted by atomic mass is 79.9. The molecule has 1 aliphatic carbocycles. The molecule has 2 rings (SSSR count). The topological polar surface area (TPSA) is 21.3 Å². The van der Waals surface area contributed by atoms with Gasteiger partial charge in [0.05, 0.1) is 7.11 Å². The first-order valence-corrected chi connectivity index (χ1v) is 6.50. The highest BCUT2D eigenvalue weighted by molar-refractivity contribution is 9.10. The van der Waals surface area contributed by atoms with Gasteiger partial charge in [0, 0.05) is 16.6 Å². The lowest BCUT2D eigenvalue weighted by Crippen LogP contribution is -2.47. The first-order chi connectivity index (χ1) is 7.63. The van der Waals surface area contributed by atoms with E-state index >= 15 is 0 Å². The van der Waals surface area contributed by atoms with Crippen LogP contribution in [0.25, 0.3) is 0 Å². The van der Waals surface area contributed by atoms with Crippen molar-refractivity contribution in [1.29, 1.82) is 0 Å². The summed E-state index contributed by atoms with van der Waals surface area (Å²) in [6.07, 6.45) is 3.92. The van der Waals surface area contributed by atoms with Gasteiger partial charge in [0.1, 0.15) is 5.75 Å². The molecule has 0 unspecified atom stereocenters. The Hall–Kier alpha value is -0.540. The Bertz CT molecular complexity index is 374. The minimum Gasteiger partial charge on any atom is -0.497 e. The molecule has 16 heavy (non-hydrogen) atoms. The largest absolute Gasteiger partial charge is 0.497 e. The van der Waals surface area contributed by atoms with Crippen LogP contribution in [0.2, 0.25) is 0 Å². The van der Waals surface area contributed by atoms with Crippen molar-refractivity contribution in [3.63, 3.8) is 0 Å². The Morgan fingerprint density at radius 2 is 2.19 bits per heavy atom. The van der Waals surface area contributed by atoms with Crippen LogP contribution in [0.4, 0.5) is 0 Å². The molecule has 0 heterocycles. The van der Waals surface area contributed by atoms with Crippen molar-refractivity contribution in [2.45, 2.75) is 38.3 Å². The van der Waals surface area contributed by atoms with Gasteiger partial charge in [-0.05, 0) is 49.9 Å². The van der Waals surface area contributed by atoms with Crippen molar-refractivity contribution in [3.05, 3.63) is 28.2 Å². The third kappa shape index (κ3) is 2.58. The Morgan fingerprint density at radius 3 is 2.75 bits per heavy atom. The van der Waals surface area contributed by atoms with Crippen LogP contribution in [0.5, 0.6) is 5.75 Å². The molecule has 1 fully saturated rings. The highest BCUT2D eigenvalue weighted by Crippen LogP contribution is 2.32. The third-order valence-electron chi connectivity index (χ3n) is 3.42. The molecule has 0 amide bonds. The van der Waals surface area contributed by atoms with Crippen molar-refractivity contribution in [2.75, 3.05) is 7.11 Å². The van der Waals surface area contributed by atoms with Gasteiger partial charge in [-0.3, -0.25) is 0 Å². The summed E-state index contributed by atoms with van der Waals surface area (Å²) in [5, 5.41) is 3.62. The molecular weight excluding hydrogens is 266 g/mol. The molecule has 88 valence electrons. The van der Waals surface area contributed by atoms with E-state index in [1.54, 1.807) is 7.11 Å². The molecule has 1 aromatic carbocycles. The van der Waals surface area contributed by atoms with Crippen LogP contribution in [-0.2, 0) is 6.54 Å². The standard InChI is InChI=1S/C13H18BrNO/c1-13(6-3-7-13)15-9-10-8-11(16-2)4-5-12(10)14/h4-5,8,15H,3,6-7,9H2,1-2H3. The Balaban J connectivity index is 2.02. The van der Waals surface area contributed by atoms with Crippen molar-refractivity contribution in [2.24, 2.45) is 0 Å². The van der Waals surface area contributed by atoms with Crippen LogP contribution in [0.15, 0.2) is 22.7 Å². The summed E-state index contributed by atoms with van der Waals surface area (Å²) < 4.78 is 6.38. The summed E-state index contributed by atoms with van der Waals surface area (Å²) in [5.41, 5.74) is 1.61. The average Bonchev–Trinajstić information content (AvgIpc) is 2.25. The quantitative estimate of drug-likeness (QED) is 0.913. The minimum absolute atomic E-state index is 0.350. The van der Waals surface area contributed by atoms with Crippen LogP contribution >= 0.6 is 15.9 Å². The van der Waals surface area contributed by atoms with Gasteiger partial charge in [-0.2, -0.15) is 0 Å². The number of hydrogen-bond acceptors (Lipinski definition) is 2. The monoisotopic (exact) mass is 283 g/mol. The van der Waals surface area contributed by atoms with E-state index in [0.29, 0.717) is 5.54 Å². The van der Waals surface area contributed by atoms with Gasteiger partial charge < -0.3 is 10.1 Å². The summed E-state index contributed by atoms with van der Waals surface area (Å²) in [4.78, 5) is 0. The number of methoxy groups -OCH3 is 1. The van der Waals surface area contributed by atoms with E-state index in [0.717, 1.165) is 16.8 Å². The predicted octanol–water partition coefficient (Wildman–Crippen LogP) is 3.49. The molecule has 1 aromatic rings. The number of rotatable bonds is 4. The third-order valence-corrected chi connectivity index (χ3v) is 4.19. The highest BCUT2D eigenvalue weighted by Gasteiger charge is 2.30. The van der Waals surface area contributed by atoms with Crippen LogP contribution in [0, 0.1) is 0 Å². The Morgan fingerprint density at radius 1 is 1.44 bits per heavy atom. The van der Waals surface area contributed by atoms with E-state index in [-0.39, 0.29) is 0 Å². The van der Waals surface area contributed by atoms with E-state index < -0.39 is 0 Å². The molecule has 0 spiro atoms. The molecule has 1 saturated carbocycles. The zero-order valence-electron chi connectivity index (χ0n) is 9.85. The number of halogens is 1. The number of benzene rings is 1. The Labute approximate surface area is 106 Å². The van der Waals surface area contributed by atoms with Gasteiger partial charge in [0.25, 0.3) is 0 Å². The fourth-order valence-electron chi connectivity index (χ4n) is 2.01. The van der Waals surface area contributed by atoms with Gasteiger partial charge in [0.15, 0.2) is 0 Å². The van der Waals surface area contributed by atoms with E-state index in [9.17, 15) is 0 Å². The molecule has 0 bridgehead atoms. The molecule has 1 N–H and O–H groups in total. The molecular formula is C13H18BrNO. The zero-order chi connectivity index (χ0) is 11.6. The van der Waals surface area contributed by atoms with Gasteiger partial charge in [-0.25, -0.2) is 0 Å². The summed E-state index contributed by atoms with van der Waals surface area (Å²) in [6, 6.07) is 6.09. The summed E-state index contributed by atoms with van der Waals surface area (Å²) >= 11 is 3.57. The normalized spacial score (nSPS) is 17.9. The molecule has 0 atom stereocenters. The van der Waals surface area contributed by atoms with Crippen molar-refractivity contribution < 1.29 is 4.74 Å². The van der Waals surface area contributed by atoms with E-state index in [4.69, 9.17) is 4.74 Å². The maximum Gasteiger partial charge on any atom is 0.119 e. The molecule has 0 aliphatic heterocycles. The first-order valence-electron chi connectivity index (χ1n) is 5.70. The van der Waals surface area contributed by atoms with Crippen molar-refractivity contribution >= 4 is 15.9 Å². The summed E-state index contributed by atoms with van der Waals surface area (Å²) in [5.74, 6) is 0.916. The summed E-state index contributed by atoms with van der Waals surface area (Å²) in [7, 11) is 1.70. The SMILES string of the molecule is COc1ccc(Br)c(CNC2(C)CCC2)c1. The van der Waals surface area contributed by atoms with E-state index in [1.807, 2.05) is 12.1 Å². The molecule has 3 heteroatoms. The lowest BCUT2D eigenvalue weighted by atomic mass is 9.78. The average molecular weight is 284 g/mol. The second-order valence-electron chi connectivity index (χ2n) is 4.73. The first kappa shape index (κ1) is 11.9. The van der Waals surface area contributed by atoms with E-state index in [2.05, 4.69) is 34.2 Å². The number of hydrogen-bond donors (Lipinski definition) is 1. The van der Waals surface area contributed by atoms with Crippen LogP contribution in [0.3, 0.4) is 0 Å². The van der Waals surface area contributed by atoms with Crippen LogP contribution in [-0.4, -0.2) is 12.6 Å². The fraction of sp³-hybridized carbons (Fsp3) is 0.538. The number of nitrogens with one attached hydrogen (secondary N) is 1. The molecule has 0 saturated heterocycles. The van der Waals surface area contributed by atoms with Crippen LogP contribution < -0.4 is 10.1 Å². The van der Waals surface area contributed by atoms with Crippen molar-refractivity contribution in [1.82, 2.24) is 5.32 Å². The number of ether oxygens (including phenoxy) is 1. The smallest absolute Gasteiger partial charge is 0.119 e. The van der Waals surface area contributed by atoms with Crippen molar-refractivity contribution in [3.8, 4) is 5.75 Å².